The molecule has 1 unspecified atom stereocenters. The molecule has 1 atom stereocenters. The molecule has 0 heterocycles. The predicted octanol–water partition coefficient (Wildman–Crippen LogP) is 1.92. The van der Waals surface area contributed by atoms with E-state index >= 15 is 0 Å². The van der Waals surface area contributed by atoms with E-state index < -0.39 is 22.0 Å². The van der Waals surface area contributed by atoms with Gasteiger partial charge in [0.05, 0.1) is 11.4 Å². The fourth-order valence-corrected chi connectivity index (χ4v) is 3.29. The Hall–Kier alpha value is -0.830. The number of hydrogen-bond donors (Lipinski definition) is 1. The highest BCUT2D eigenvalue weighted by Crippen LogP contribution is 2.23. The second kappa shape index (κ2) is 5.87. The summed E-state index contributed by atoms with van der Waals surface area (Å²) >= 11 is 2.05. The third kappa shape index (κ3) is 3.35. The Morgan fingerprint density at radius 1 is 1.50 bits per heavy atom. The van der Waals surface area contributed by atoms with Gasteiger partial charge in [0.1, 0.15) is 6.04 Å². The van der Waals surface area contributed by atoms with E-state index in [9.17, 15) is 13.2 Å². The second-order valence-corrected chi connectivity index (χ2v) is 7.07. The normalized spacial score (nSPS) is 13.1. The highest BCUT2D eigenvalue weighted by molar-refractivity contribution is 14.1. The van der Waals surface area contributed by atoms with Gasteiger partial charge in [-0.1, -0.05) is 6.07 Å². The Bertz CT molecular complexity index is 544. The van der Waals surface area contributed by atoms with Crippen molar-refractivity contribution in [3.8, 4) is 0 Å². The van der Waals surface area contributed by atoms with Crippen LogP contribution in [0.5, 0.6) is 0 Å². The molecule has 0 spiro atoms. The van der Waals surface area contributed by atoms with Crippen LogP contribution in [0, 0.1) is 3.57 Å². The lowest BCUT2D eigenvalue weighted by Gasteiger charge is -2.27. The molecule has 1 aromatic rings. The smallest absolute Gasteiger partial charge is 0.327 e. The maximum atomic E-state index is 12.0. The molecule has 18 heavy (non-hydrogen) atoms. The molecule has 100 valence electrons. The molecule has 0 aliphatic rings. The van der Waals surface area contributed by atoms with E-state index in [2.05, 4.69) is 22.6 Å². The van der Waals surface area contributed by atoms with Crippen LogP contribution in [-0.4, -0.2) is 31.3 Å². The minimum atomic E-state index is -3.63. The van der Waals surface area contributed by atoms with Crippen molar-refractivity contribution in [2.45, 2.75) is 19.9 Å². The molecule has 0 bridgehead atoms. The molecule has 0 radical (unpaired) electrons. The SMILES string of the molecule is CCS(=O)(=O)N(c1cccc(I)c1)C(C)C(=O)O. The zero-order valence-corrected chi connectivity index (χ0v) is 13.0. The van der Waals surface area contributed by atoms with Crippen LogP contribution in [0.2, 0.25) is 0 Å². The topological polar surface area (TPSA) is 74.7 Å². The maximum Gasteiger partial charge on any atom is 0.327 e. The van der Waals surface area contributed by atoms with Crippen LogP contribution in [0.4, 0.5) is 5.69 Å². The average molecular weight is 383 g/mol. The van der Waals surface area contributed by atoms with Crippen LogP contribution >= 0.6 is 22.6 Å². The van der Waals surface area contributed by atoms with E-state index in [0.717, 1.165) is 7.88 Å². The number of benzene rings is 1. The first-order valence-corrected chi connectivity index (χ1v) is 7.99. The van der Waals surface area contributed by atoms with E-state index in [-0.39, 0.29) is 5.75 Å². The van der Waals surface area contributed by atoms with Gasteiger partial charge in [-0.25, -0.2) is 13.2 Å². The number of carboxylic acid groups (broad SMARTS) is 1. The molecule has 1 N–H and O–H groups in total. The second-order valence-electron chi connectivity index (χ2n) is 3.69. The van der Waals surface area contributed by atoms with Gasteiger partial charge in [-0.2, -0.15) is 0 Å². The monoisotopic (exact) mass is 383 g/mol. The minimum absolute atomic E-state index is 0.143. The largest absolute Gasteiger partial charge is 0.480 e. The van der Waals surface area contributed by atoms with E-state index in [4.69, 9.17) is 5.11 Å². The van der Waals surface area contributed by atoms with Crippen molar-refractivity contribution in [2.24, 2.45) is 0 Å². The Labute approximate surface area is 120 Å². The predicted molar refractivity (Wildman–Crippen MR) is 78.2 cm³/mol. The molecule has 0 aliphatic carbocycles. The van der Waals surface area contributed by atoms with Gasteiger partial charge in [0, 0.05) is 3.57 Å². The third-order valence-electron chi connectivity index (χ3n) is 2.44. The number of sulfonamides is 1. The van der Waals surface area contributed by atoms with Gasteiger partial charge in [0.25, 0.3) is 0 Å². The lowest BCUT2D eigenvalue weighted by atomic mass is 10.2. The molecule has 0 aliphatic heterocycles. The van der Waals surface area contributed by atoms with E-state index in [1.165, 1.54) is 13.8 Å². The zero-order valence-electron chi connectivity index (χ0n) is 10.00. The van der Waals surface area contributed by atoms with Crippen LogP contribution < -0.4 is 4.31 Å². The number of anilines is 1. The molecular weight excluding hydrogens is 369 g/mol. The van der Waals surface area contributed by atoms with Crippen molar-refractivity contribution in [1.82, 2.24) is 0 Å². The van der Waals surface area contributed by atoms with Gasteiger partial charge in [-0.15, -0.1) is 0 Å². The van der Waals surface area contributed by atoms with Gasteiger partial charge in [0.15, 0.2) is 0 Å². The molecule has 5 nitrogen and oxygen atoms in total. The molecule has 0 aromatic heterocycles. The van der Waals surface area contributed by atoms with Crippen molar-refractivity contribution in [3.05, 3.63) is 27.8 Å². The first kappa shape index (κ1) is 15.2. The van der Waals surface area contributed by atoms with E-state index in [0.29, 0.717) is 5.69 Å². The Balaban J connectivity index is 3.34. The van der Waals surface area contributed by atoms with Crippen LogP contribution in [0.25, 0.3) is 0 Å². The van der Waals surface area contributed by atoms with Crippen LogP contribution in [-0.2, 0) is 14.8 Å². The number of carboxylic acids is 1. The van der Waals surface area contributed by atoms with Crippen molar-refractivity contribution < 1.29 is 18.3 Å². The van der Waals surface area contributed by atoms with Crippen LogP contribution in [0.1, 0.15) is 13.8 Å². The number of hydrogen-bond acceptors (Lipinski definition) is 3. The summed E-state index contributed by atoms with van der Waals surface area (Å²) in [6.45, 7) is 2.85. The maximum absolute atomic E-state index is 12.0. The summed E-state index contributed by atoms with van der Waals surface area (Å²) in [6.07, 6.45) is 0. The highest BCUT2D eigenvalue weighted by atomic mass is 127. The average Bonchev–Trinajstić information content (AvgIpc) is 2.28. The van der Waals surface area contributed by atoms with Crippen molar-refractivity contribution >= 4 is 44.3 Å². The molecule has 0 fully saturated rings. The van der Waals surface area contributed by atoms with Crippen molar-refractivity contribution in [3.63, 3.8) is 0 Å². The van der Waals surface area contributed by atoms with Crippen molar-refractivity contribution in [2.75, 3.05) is 10.1 Å². The first-order valence-electron chi connectivity index (χ1n) is 5.30. The molecule has 0 saturated heterocycles. The first-order chi connectivity index (χ1) is 8.29. The summed E-state index contributed by atoms with van der Waals surface area (Å²) in [7, 11) is -3.63. The number of carbonyl (C=O) groups is 1. The highest BCUT2D eigenvalue weighted by Gasteiger charge is 2.30. The van der Waals surface area contributed by atoms with Gasteiger partial charge in [-0.05, 0) is 54.6 Å². The standard InChI is InChI=1S/C11H14INO4S/c1-3-18(16,17)13(8(2)11(14)15)10-6-4-5-9(12)7-10/h4-8H,3H2,1-2H3,(H,14,15). The van der Waals surface area contributed by atoms with Crippen molar-refractivity contribution in [1.29, 1.82) is 0 Å². The number of nitrogens with zero attached hydrogens (tertiary/aromatic N) is 1. The summed E-state index contributed by atoms with van der Waals surface area (Å²) in [5.74, 6) is -1.32. The lowest BCUT2D eigenvalue weighted by Crippen LogP contribution is -2.44. The number of halogens is 1. The molecule has 0 amide bonds. The molecule has 1 aromatic carbocycles. The van der Waals surface area contributed by atoms with E-state index in [1.807, 2.05) is 6.07 Å². The summed E-state index contributed by atoms with van der Waals surface area (Å²) in [4.78, 5) is 11.1. The molecule has 7 heteroatoms. The summed E-state index contributed by atoms with van der Waals surface area (Å²) in [5, 5.41) is 9.03. The molecule has 1 rings (SSSR count). The fraction of sp³-hybridized carbons (Fsp3) is 0.364. The minimum Gasteiger partial charge on any atom is -0.480 e. The van der Waals surface area contributed by atoms with Gasteiger partial charge in [-0.3, -0.25) is 4.31 Å². The van der Waals surface area contributed by atoms with Gasteiger partial charge >= 0.3 is 5.97 Å². The number of aliphatic carboxylic acids is 1. The fourth-order valence-electron chi connectivity index (χ4n) is 1.48. The van der Waals surface area contributed by atoms with Gasteiger partial charge in [0.2, 0.25) is 10.0 Å². The van der Waals surface area contributed by atoms with E-state index in [1.54, 1.807) is 18.2 Å². The quantitative estimate of drug-likeness (QED) is 0.789. The lowest BCUT2D eigenvalue weighted by molar-refractivity contribution is -0.137. The number of rotatable bonds is 5. The van der Waals surface area contributed by atoms with Gasteiger partial charge < -0.3 is 5.11 Å². The summed E-state index contributed by atoms with van der Waals surface area (Å²) in [5.41, 5.74) is 0.374. The summed E-state index contributed by atoms with van der Waals surface area (Å²) < 4.78 is 25.8. The Kier molecular flexibility index (Phi) is 4.97. The third-order valence-corrected chi connectivity index (χ3v) is 4.96. The summed E-state index contributed by atoms with van der Waals surface area (Å²) in [6, 6.07) is 5.62. The van der Waals surface area contributed by atoms with Crippen LogP contribution in [0.15, 0.2) is 24.3 Å². The molecular formula is C11H14INO4S. The van der Waals surface area contributed by atoms with Crippen LogP contribution in [0.3, 0.4) is 0 Å². The Morgan fingerprint density at radius 2 is 2.11 bits per heavy atom. The zero-order chi connectivity index (χ0) is 13.9. The Morgan fingerprint density at radius 3 is 2.56 bits per heavy atom. The molecule has 0 saturated carbocycles.